The maximum absolute atomic E-state index is 12.9. The van der Waals surface area contributed by atoms with Crippen LogP contribution in [-0.2, 0) is 14.2 Å². The van der Waals surface area contributed by atoms with Gasteiger partial charge in [0.1, 0.15) is 71.6 Å². The topological polar surface area (TPSA) is 234 Å². The van der Waals surface area contributed by atoms with Crippen LogP contribution in [-0.4, -0.2) is 122 Å². The molecule has 2 aromatic rings. The zero-order valence-corrected chi connectivity index (χ0v) is 23.1. The molecule has 3 heterocycles. The number of phenols is 2. The third-order valence-electron chi connectivity index (χ3n) is 7.70. The van der Waals surface area contributed by atoms with Crippen LogP contribution in [0.1, 0.15) is 35.4 Å². The first-order chi connectivity index (χ1) is 20.4. The predicted octanol–water partition coefficient (Wildman–Crippen LogP) is -1.16. The molecule has 1 unspecified atom stereocenters. The van der Waals surface area contributed by atoms with Crippen LogP contribution in [0.5, 0.6) is 28.7 Å². The van der Waals surface area contributed by atoms with E-state index in [4.69, 9.17) is 28.4 Å². The number of hydrogen-bond donors (Lipinski definition) is 8. The first kappa shape index (κ1) is 31.2. The molecule has 2 aromatic carbocycles. The summed E-state index contributed by atoms with van der Waals surface area (Å²) in [5.41, 5.74) is 0.373. The lowest BCUT2D eigenvalue weighted by atomic mass is 9.95. The van der Waals surface area contributed by atoms with E-state index in [1.807, 2.05) is 0 Å². The Kier molecular flexibility index (Phi) is 8.99. The molecule has 0 aromatic heterocycles. The number of carbonyl (C=O) groups excluding carboxylic acids is 1. The Morgan fingerprint density at radius 1 is 0.837 bits per heavy atom. The Morgan fingerprint density at radius 2 is 1.53 bits per heavy atom. The van der Waals surface area contributed by atoms with Crippen molar-refractivity contribution < 1.29 is 74.1 Å². The van der Waals surface area contributed by atoms with Gasteiger partial charge in [0.05, 0.1) is 26.2 Å². The van der Waals surface area contributed by atoms with Crippen LogP contribution in [0.4, 0.5) is 0 Å². The van der Waals surface area contributed by atoms with E-state index in [1.54, 1.807) is 6.07 Å². The second-order valence-corrected chi connectivity index (χ2v) is 10.6. The Bertz CT molecular complexity index is 1320. The van der Waals surface area contributed by atoms with E-state index in [1.165, 1.54) is 32.2 Å². The summed E-state index contributed by atoms with van der Waals surface area (Å²) in [4.78, 5) is 12.9. The second-order valence-electron chi connectivity index (χ2n) is 10.6. The number of Topliss-reactive ketones (excluding diaryl/α,β-unsaturated/α-hetero) is 1. The largest absolute Gasteiger partial charge is 0.507 e. The lowest BCUT2D eigenvalue weighted by molar-refractivity contribution is -0.318. The summed E-state index contributed by atoms with van der Waals surface area (Å²) in [7, 11) is 1.39. The number of hydrogen-bond acceptors (Lipinski definition) is 15. The number of aromatic hydroxyl groups is 2. The van der Waals surface area contributed by atoms with Crippen molar-refractivity contribution in [1.82, 2.24) is 0 Å². The number of fused-ring (bicyclic) bond motifs is 1. The van der Waals surface area contributed by atoms with Crippen molar-refractivity contribution >= 4 is 5.78 Å². The summed E-state index contributed by atoms with van der Waals surface area (Å²) in [6.45, 7) is 0.964. The molecular formula is C28H34O15. The van der Waals surface area contributed by atoms with Crippen molar-refractivity contribution in [2.45, 2.75) is 80.9 Å². The average Bonchev–Trinajstić information content (AvgIpc) is 2.97. The van der Waals surface area contributed by atoms with E-state index in [9.17, 15) is 45.6 Å². The minimum absolute atomic E-state index is 0.0457. The molecule has 0 bridgehead atoms. The molecule has 236 valence electrons. The molecule has 3 aliphatic heterocycles. The highest BCUT2D eigenvalue weighted by molar-refractivity contribution is 6.02. The molecule has 5 rings (SSSR count). The lowest BCUT2D eigenvalue weighted by Crippen LogP contribution is -2.61. The molecular weight excluding hydrogens is 576 g/mol. The van der Waals surface area contributed by atoms with Crippen LogP contribution in [0.3, 0.4) is 0 Å². The van der Waals surface area contributed by atoms with Gasteiger partial charge in [0.15, 0.2) is 23.6 Å². The monoisotopic (exact) mass is 610 g/mol. The fraction of sp³-hybridized carbons (Fsp3) is 0.536. The molecule has 0 radical (unpaired) electrons. The predicted molar refractivity (Wildman–Crippen MR) is 141 cm³/mol. The van der Waals surface area contributed by atoms with Crippen molar-refractivity contribution in [2.75, 3.05) is 13.7 Å². The van der Waals surface area contributed by atoms with E-state index in [-0.39, 0.29) is 35.0 Å². The highest BCUT2D eigenvalue weighted by Gasteiger charge is 2.47. The summed E-state index contributed by atoms with van der Waals surface area (Å²) in [6, 6.07) is 6.90. The van der Waals surface area contributed by atoms with Crippen molar-refractivity contribution in [3.63, 3.8) is 0 Å². The summed E-state index contributed by atoms with van der Waals surface area (Å²) in [5.74, 6) is -0.999. The average molecular weight is 611 g/mol. The van der Waals surface area contributed by atoms with Gasteiger partial charge in [-0.25, -0.2) is 0 Å². The van der Waals surface area contributed by atoms with Gasteiger partial charge in [-0.15, -0.1) is 0 Å². The second kappa shape index (κ2) is 12.4. The number of ether oxygens (including phenoxy) is 6. The van der Waals surface area contributed by atoms with Crippen LogP contribution in [0.25, 0.3) is 0 Å². The molecule has 11 atom stereocenters. The smallest absolute Gasteiger partial charge is 0.229 e. The highest BCUT2D eigenvalue weighted by atomic mass is 16.7. The molecule has 0 amide bonds. The third kappa shape index (κ3) is 6.08. The van der Waals surface area contributed by atoms with Crippen LogP contribution in [0.15, 0.2) is 30.3 Å². The molecule has 3 aliphatic rings. The fourth-order valence-corrected chi connectivity index (χ4v) is 5.20. The van der Waals surface area contributed by atoms with Gasteiger partial charge in [-0.05, 0) is 24.6 Å². The van der Waals surface area contributed by atoms with Gasteiger partial charge in [0, 0.05) is 12.1 Å². The summed E-state index contributed by atoms with van der Waals surface area (Å²) in [5, 5.41) is 82.2. The molecule has 15 heteroatoms. The molecule has 0 aliphatic carbocycles. The van der Waals surface area contributed by atoms with E-state index >= 15 is 0 Å². The normalized spacial score (nSPS) is 36.0. The number of rotatable bonds is 7. The maximum atomic E-state index is 12.9. The Balaban J connectivity index is 1.30. The molecule has 2 fully saturated rings. The number of benzene rings is 2. The summed E-state index contributed by atoms with van der Waals surface area (Å²) < 4.78 is 33.1. The molecule has 8 N–H and O–H groups in total. The zero-order valence-electron chi connectivity index (χ0n) is 23.1. The Hall–Kier alpha value is -3.25. The minimum atomic E-state index is -1.77. The van der Waals surface area contributed by atoms with Gasteiger partial charge in [-0.3, -0.25) is 4.79 Å². The maximum Gasteiger partial charge on any atom is 0.229 e. The van der Waals surface area contributed by atoms with Crippen LogP contribution in [0.2, 0.25) is 0 Å². The van der Waals surface area contributed by atoms with Gasteiger partial charge < -0.3 is 69.3 Å². The first-order valence-corrected chi connectivity index (χ1v) is 13.5. The highest BCUT2D eigenvalue weighted by Crippen LogP contribution is 2.43. The first-order valence-electron chi connectivity index (χ1n) is 13.5. The van der Waals surface area contributed by atoms with Crippen molar-refractivity contribution in [3.8, 4) is 28.7 Å². The number of methoxy groups -OCH3 is 1. The molecule has 15 nitrogen and oxygen atoms in total. The number of ketones is 1. The van der Waals surface area contributed by atoms with E-state index < -0.39 is 85.7 Å². The zero-order chi connectivity index (χ0) is 31.2. The molecule has 43 heavy (non-hydrogen) atoms. The van der Waals surface area contributed by atoms with Gasteiger partial charge in [-0.2, -0.15) is 0 Å². The van der Waals surface area contributed by atoms with Gasteiger partial charge in [0.25, 0.3) is 0 Å². The molecule has 0 saturated carbocycles. The van der Waals surface area contributed by atoms with E-state index in [0.717, 1.165) is 6.07 Å². The minimum Gasteiger partial charge on any atom is -0.507 e. The third-order valence-corrected chi connectivity index (χ3v) is 7.70. The summed E-state index contributed by atoms with van der Waals surface area (Å²) in [6.07, 6.45) is -15.9. The number of aliphatic hydroxyl groups is 6. The lowest BCUT2D eigenvalue weighted by Gasteiger charge is -2.42. The number of phenolic OH excluding ortho intramolecular Hbond substituents is 2. The molecule has 0 spiro atoms. The van der Waals surface area contributed by atoms with Crippen LogP contribution >= 0.6 is 0 Å². The van der Waals surface area contributed by atoms with Crippen LogP contribution in [0, 0.1) is 0 Å². The van der Waals surface area contributed by atoms with Crippen molar-refractivity contribution in [1.29, 1.82) is 0 Å². The van der Waals surface area contributed by atoms with Gasteiger partial charge in [-0.1, -0.05) is 6.07 Å². The van der Waals surface area contributed by atoms with Gasteiger partial charge >= 0.3 is 0 Å². The van der Waals surface area contributed by atoms with Gasteiger partial charge in [0.2, 0.25) is 6.29 Å². The van der Waals surface area contributed by atoms with Crippen molar-refractivity contribution in [3.05, 3.63) is 41.5 Å². The van der Waals surface area contributed by atoms with E-state index in [2.05, 4.69) is 0 Å². The number of aliphatic hydroxyl groups excluding tert-OH is 6. The Morgan fingerprint density at radius 3 is 2.23 bits per heavy atom. The number of carbonyl (C=O) groups is 1. The Labute approximate surface area is 245 Å². The van der Waals surface area contributed by atoms with Crippen molar-refractivity contribution in [2.24, 2.45) is 0 Å². The SMILES string of the molecule is COc1ccc([C@@H]2CC(=O)c3c(O)cc(O[C@@H]4OC(CO[C@@H]5O[C@@H](C)[C@H](O)[C@@H](O)[C@H]5O)[C@@H](O)[C@H](O)[C@H]4O)cc3O2)cc1O. The van der Waals surface area contributed by atoms with Crippen LogP contribution < -0.4 is 14.2 Å². The quantitative estimate of drug-likeness (QED) is 0.185. The standard InChI is InChI=1S/C28H34O15/c1-10-21(32)23(34)25(36)27(40-10)39-9-19-22(33)24(35)26(37)28(43-19)41-12-6-14(30)20-15(31)8-17(42-18(20)7-12)11-3-4-16(38-2)13(29)5-11/h3-7,10,17,19,21-30,32-37H,8-9H2,1-2H3/t10-,17-,19?,21-,22+,23+,24-,25+,26+,27+,28+/m0/s1. The summed E-state index contributed by atoms with van der Waals surface area (Å²) >= 11 is 0. The van der Waals surface area contributed by atoms with E-state index in [0.29, 0.717) is 5.56 Å². The fourth-order valence-electron chi connectivity index (χ4n) is 5.20. The molecule has 2 saturated heterocycles.